The predicted octanol–water partition coefficient (Wildman–Crippen LogP) is 16.1. The molecular weight excluding hydrogens is 1610 g/mol. The Balaban J connectivity index is 0.000000485. The number of anilines is 4. The van der Waals surface area contributed by atoms with Crippen LogP contribution in [0.5, 0.6) is 23.0 Å². The van der Waals surface area contributed by atoms with E-state index >= 15 is 0 Å². The van der Waals surface area contributed by atoms with E-state index in [2.05, 4.69) is 31.9 Å². The van der Waals surface area contributed by atoms with E-state index in [0.717, 1.165) is 11.1 Å². The number of aryl methyl sites for hydroxylation is 2. The SMILES string of the molecule is COC(=O)c1cc(N(CC(=O)CC(C)(C)C)CC(=O)OC(C)(C)C)c(OCCOc2cc(C)ccc2N(CC(=O)OC(C)(C)C)CC(=O)OC(C)(C)C)cc1Br.Cc1ccc(N(CC(=O)OC(C)(C)C)CC(=O)OC(C)(C)C)c(OCCOc2cc(Br)c(C3=NC(C)(C)CO3)cc2N(CC(=O)CC(C)(C)C)CC(=O)OC(C)(C)C)c1. The Morgan fingerprint density at radius 3 is 0.939 bits per heavy atom. The highest BCUT2D eigenvalue weighted by Crippen LogP contribution is 2.40. The number of methoxy groups -OCH3 is 1. The molecule has 5 rings (SSSR count). The molecule has 0 aromatic heterocycles. The van der Waals surface area contributed by atoms with E-state index in [1.807, 2.05) is 87.4 Å². The van der Waals surface area contributed by atoms with Gasteiger partial charge in [-0.1, -0.05) is 53.7 Å². The third-order valence-corrected chi connectivity index (χ3v) is 16.4. The lowest BCUT2D eigenvalue weighted by molar-refractivity contribution is -0.156. The summed E-state index contributed by atoms with van der Waals surface area (Å²) in [6.07, 6.45) is 0.521. The molecule has 0 saturated heterocycles. The van der Waals surface area contributed by atoms with Crippen LogP contribution in [0.2, 0.25) is 0 Å². The number of ketones is 2. The Morgan fingerprint density at radius 1 is 0.391 bits per heavy atom. The monoisotopic (exact) mass is 1740 g/mol. The topological polar surface area (TPSA) is 290 Å². The highest BCUT2D eigenvalue weighted by Gasteiger charge is 2.35. The standard InChI is InChI=1S/C45H66BrN3O10.C42H61BrN2O11/c1-29-16-17-33(49(26-38(52)58-43(8,9)10)27-39(53)59-44(11,12)13)35(20-29)54-18-19-55-36-22-32(46)31(40-47-45(14,15)28-56-40)21-34(36)48(24-30(50)23-41(2,3)4)25-37(51)57-42(5,6)7;1-27-15-16-31(45(25-36(48)55-41(8,9)10)26-37(49)56-42(11,12)13)33(19-27)52-17-18-53-34-21-30(43)29(38(50)51-14)20-32(34)44(23-28(46)22-39(2,3)4)24-35(47)54-40(5,6)7/h16-17,20-22H,18-19,23-28H2,1-15H3;15-16,19-21H,17-18,22-26H2,1-14H3. The van der Waals surface area contributed by atoms with E-state index in [4.69, 9.17) is 61.8 Å². The number of rotatable bonds is 34. The fourth-order valence-corrected chi connectivity index (χ4v) is 12.3. The second kappa shape index (κ2) is 41.0. The minimum atomic E-state index is -0.782. The molecule has 0 saturated carbocycles. The Bertz CT molecular complexity index is 3980. The number of carbonyl (C=O) groups is 9. The maximum Gasteiger partial charge on any atom is 0.339 e. The average molecular weight is 1740 g/mol. The second-order valence-corrected chi connectivity index (χ2v) is 39.1. The summed E-state index contributed by atoms with van der Waals surface area (Å²) in [5, 5.41) is 0. The predicted molar refractivity (Wildman–Crippen MR) is 453 cm³/mol. The van der Waals surface area contributed by atoms with Crippen LogP contribution in [0.15, 0.2) is 74.6 Å². The summed E-state index contributed by atoms with van der Waals surface area (Å²) in [6.45, 7) is 50.0. The van der Waals surface area contributed by atoms with Crippen molar-refractivity contribution in [3.8, 4) is 23.0 Å². The number of benzene rings is 4. The molecule has 1 aliphatic rings. The largest absolute Gasteiger partial charge is 0.488 e. The fraction of sp³-hybridized carbons (Fsp3) is 0.609. The first-order valence-electron chi connectivity index (χ1n) is 38.5. The average Bonchev–Trinajstić information content (AvgIpc) is 1.78. The highest BCUT2D eigenvalue weighted by atomic mass is 79.9. The molecule has 0 radical (unpaired) electrons. The van der Waals surface area contributed by atoms with Crippen LogP contribution in [0, 0.1) is 24.7 Å². The molecule has 4 aromatic rings. The van der Waals surface area contributed by atoms with E-state index in [9.17, 15) is 43.2 Å². The Kier molecular flexibility index (Phi) is 35.1. The van der Waals surface area contributed by atoms with Crippen LogP contribution in [-0.4, -0.2) is 191 Å². The van der Waals surface area contributed by atoms with Gasteiger partial charge >= 0.3 is 41.8 Å². The third kappa shape index (κ3) is 37.9. The van der Waals surface area contributed by atoms with E-state index in [1.165, 1.54) is 18.1 Å². The summed E-state index contributed by atoms with van der Waals surface area (Å²) >= 11 is 7.12. The molecule has 640 valence electrons. The molecule has 0 N–H and O–H groups in total. The van der Waals surface area contributed by atoms with E-state index < -0.39 is 80.9 Å². The smallest absolute Gasteiger partial charge is 0.339 e. The molecule has 28 heteroatoms. The van der Waals surface area contributed by atoms with E-state index in [0.29, 0.717) is 67.0 Å². The first kappa shape index (κ1) is 98.7. The van der Waals surface area contributed by atoms with Crippen LogP contribution in [0.3, 0.4) is 0 Å². The maximum absolute atomic E-state index is 13.5. The minimum Gasteiger partial charge on any atom is -0.488 e. The van der Waals surface area contributed by atoms with Gasteiger partial charge in [0.2, 0.25) is 5.90 Å². The molecule has 0 unspecified atom stereocenters. The molecule has 1 heterocycles. The molecule has 0 aliphatic carbocycles. The summed E-state index contributed by atoms with van der Waals surface area (Å²) in [7, 11) is 1.25. The second-order valence-electron chi connectivity index (χ2n) is 37.4. The molecule has 115 heavy (non-hydrogen) atoms. The zero-order valence-electron chi connectivity index (χ0n) is 73.4. The van der Waals surface area contributed by atoms with Gasteiger partial charge in [-0.15, -0.1) is 0 Å². The highest BCUT2D eigenvalue weighted by molar-refractivity contribution is 9.10. The number of Topliss-reactive ketones (excluding diaryl/α,β-unsaturated/α-hetero) is 2. The number of nitrogens with zero attached hydrogens (tertiary/aromatic N) is 5. The van der Waals surface area contributed by atoms with Gasteiger partial charge in [-0.05, 0) is 255 Å². The zero-order chi connectivity index (χ0) is 87.5. The lowest BCUT2D eigenvalue weighted by Gasteiger charge is -2.29. The molecule has 0 spiro atoms. The van der Waals surface area contributed by atoms with Crippen molar-refractivity contribution < 1.29 is 100.0 Å². The summed E-state index contributed by atoms with van der Waals surface area (Å²) in [4.78, 5) is 129. The van der Waals surface area contributed by atoms with Crippen molar-refractivity contribution in [3.05, 3.63) is 91.9 Å². The van der Waals surface area contributed by atoms with Crippen molar-refractivity contribution in [1.29, 1.82) is 0 Å². The van der Waals surface area contributed by atoms with Crippen molar-refractivity contribution in [2.24, 2.45) is 15.8 Å². The van der Waals surface area contributed by atoms with Crippen LogP contribution < -0.4 is 38.5 Å². The first-order valence-corrected chi connectivity index (χ1v) is 40.1. The number of esters is 7. The molecule has 0 fully saturated rings. The summed E-state index contributed by atoms with van der Waals surface area (Å²) in [5.74, 6) is -2.21. The van der Waals surface area contributed by atoms with Gasteiger partial charge in [0.25, 0.3) is 0 Å². The molecule has 26 nitrogen and oxygen atoms in total. The molecule has 0 amide bonds. The van der Waals surface area contributed by atoms with Gasteiger partial charge in [-0.2, -0.15) is 0 Å². The van der Waals surface area contributed by atoms with Gasteiger partial charge < -0.3 is 76.4 Å². The number of ether oxygens (including phenoxy) is 12. The first-order chi connectivity index (χ1) is 52.4. The Morgan fingerprint density at radius 2 is 0.670 bits per heavy atom. The third-order valence-electron chi connectivity index (χ3n) is 15.1. The number of aliphatic imine (C=N–C) groups is 1. The van der Waals surface area contributed by atoms with Crippen LogP contribution in [0.4, 0.5) is 22.7 Å². The molecule has 0 bridgehead atoms. The quantitative estimate of drug-likeness (QED) is 0.0238. The summed E-state index contributed by atoms with van der Waals surface area (Å²) in [5.41, 5.74) is -1.29. The lowest BCUT2D eigenvalue weighted by atomic mass is 9.90. The number of carbonyl (C=O) groups excluding carboxylic acids is 9. The molecular formula is C87H127Br2N5O21. The van der Waals surface area contributed by atoms with E-state index in [-0.39, 0.29) is 125 Å². The van der Waals surface area contributed by atoms with Crippen LogP contribution in [-0.2, 0) is 76.3 Å². The van der Waals surface area contributed by atoms with Gasteiger partial charge in [-0.3, -0.25) is 38.4 Å². The van der Waals surface area contributed by atoms with Gasteiger partial charge in [0, 0.05) is 21.8 Å². The normalized spacial score (nSPS) is 13.1. The van der Waals surface area contributed by atoms with Crippen molar-refractivity contribution in [2.75, 3.05) is 112 Å². The zero-order valence-corrected chi connectivity index (χ0v) is 76.6. The van der Waals surface area contributed by atoms with Crippen LogP contribution >= 0.6 is 31.9 Å². The van der Waals surface area contributed by atoms with Crippen molar-refractivity contribution >= 4 is 114 Å². The number of halogens is 2. The Labute approximate surface area is 698 Å². The summed E-state index contributed by atoms with van der Waals surface area (Å²) in [6, 6.07) is 17.5. The fourth-order valence-electron chi connectivity index (χ4n) is 11.4. The van der Waals surface area contributed by atoms with E-state index in [1.54, 1.807) is 176 Å². The number of hydrogen-bond acceptors (Lipinski definition) is 26. The molecule has 1 aliphatic heterocycles. The maximum atomic E-state index is 13.5. The van der Waals surface area contributed by atoms with Crippen molar-refractivity contribution in [3.63, 3.8) is 0 Å². The van der Waals surface area contributed by atoms with Gasteiger partial charge in [0.15, 0.2) is 11.6 Å². The summed E-state index contributed by atoms with van der Waals surface area (Å²) < 4.78 is 70.9. The van der Waals surface area contributed by atoms with Gasteiger partial charge in [0.05, 0.1) is 59.6 Å². The minimum absolute atomic E-state index is 0.00595. The van der Waals surface area contributed by atoms with Crippen molar-refractivity contribution in [1.82, 2.24) is 0 Å². The van der Waals surface area contributed by atoms with Gasteiger partial charge in [0.1, 0.15) is 129 Å². The van der Waals surface area contributed by atoms with Crippen molar-refractivity contribution in [2.45, 2.75) is 246 Å². The Hall–Kier alpha value is -8.66. The van der Waals surface area contributed by atoms with Crippen LogP contribution in [0.25, 0.3) is 0 Å². The lowest BCUT2D eigenvalue weighted by Crippen LogP contribution is -2.40. The number of hydrogen-bond donors (Lipinski definition) is 0. The van der Waals surface area contributed by atoms with Gasteiger partial charge in [-0.25, -0.2) is 9.79 Å². The molecule has 0 atom stereocenters. The van der Waals surface area contributed by atoms with Crippen LogP contribution in [0.1, 0.15) is 220 Å². The molecule has 4 aromatic carbocycles.